The molecule has 0 saturated heterocycles. The average Bonchev–Trinajstić information content (AvgIpc) is 2.97. The number of para-hydroxylation sites is 1. The smallest absolute Gasteiger partial charge is 0.229 e. The summed E-state index contributed by atoms with van der Waals surface area (Å²) in [5.74, 6) is 0.836. The Bertz CT molecular complexity index is 1410. The van der Waals surface area contributed by atoms with Crippen LogP contribution in [0.5, 0.6) is 5.75 Å². The van der Waals surface area contributed by atoms with Gasteiger partial charge in [-0.05, 0) is 56.3 Å². The van der Waals surface area contributed by atoms with Crippen molar-refractivity contribution in [1.82, 2.24) is 0 Å². The van der Waals surface area contributed by atoms with Crippen LogP contribution >= 0.6 is 0 Å². The third kappa shape index (κ3) is 2.85. The molecule has 0 saturated carbocycles. The van der Waals surface area contributed by atoms with Crippen LogP contribution in [0.25, 0.3) is 10.8 Å². The van der Waals surface area contributed by atoms with Crippen molar-refractivity contribution in [3.63, 3.8) is 0 Å². The predicted molar refractivity (Wildman–Crippen MR) is 137 cm³/mol. The van der Waals surface area contributed by atoms with E-state index in [0.29, 0.717) is 0 Å². The molecule has 33 heavy (non-hydrogen) atoms. The Morgan fingerprint density at radius 1 is 0.848 bits per heavy atom. The minimum Gasteiger partial charge on any atom is -0.459 e. The lowest BCUT2D eigenvalue weighted by Gasteiger charge is -2.46. The predicted octanol–water partition coefficient (Wildman–Crippen LogP) is 7.25. The van der Waals surface area contributed by atoms with Crippen molar-refractivity contribution in [3.05, 3.63) is 101 Å². The quantitative estimate of drug-likeness (QED) is 0.333. The maximum absolute atomic E-state index is 7.01. The number of aryl methyl sites for hydroxylation is 2. The summed E-state index contributed by atoms with van der Waals surface area (Å²) in [5.41, 5.74) is 6.22. The number of aliphatic imine (C=N–C) groups is 1. The maximum Gasteiger partial charge on any atom is 0.229 e. The fourth-order valence-electron chi connectivity index (χ4n) is 5.70. The normalized spacial score (nSPS) is 20.1. The third-order valence-electron chi connectivity index (χ3n) is 7.28. The zero-order valence-electron chi connectivity index (χ0n) is 19.6. The van der Waals surface area contributed by atoms with E-state index in [2.05, 4.69) is 111 Å². The van der Waals surface area contributed by atoms with Crippen LogP contribution in [0.15, 0.2) is 83.9 Å². The molecule has 0 bridgehead atoms. The summed E-state index contributed by atoms with van der Waals surface area (Å²) in [7, 11) is 0. The van der Waals surface area contributed by atoms with Gasteiger partial charge in [-0.15, -0.1) is 0 Å². The molecule has 2 heterocycles. The van der Waals surface area contributed by atoms with Crippen LogP contribution in [0.4, 0.5) is 11.4 Å². The second kappa shape index (κ2) is 6.95. The van der Waals surface area contributed by atoms with Crippen molar-refractivity contribution in [1.29, 1.82) is 0 Å². The summed E-state index contributed by atoms with van der Waals surface area (Å²) in [6.45, 7) is 9.61. The Morgan fingerprint density at radius 2 is 1.58 bits per heavy atom. The summed E-state index contributed by atoms with van der Waals surface area (Å²) >= 11 is 0. The van der Waals surface area contributed by atoms with Gasteiger partial charge in [0.25, 0.3) is 0 Å². The van der Waals surface area contributed by atoms with Crippen molar-refractivity contribution in [2.75, 3.05) is 4.90 Å². The fraction of sp³-hybridized carbons (Fsp3) is 0.233. The van der Waals surface area contributed by atoms with E-state index >= 15 is 0 Å². The molecule has 2 aliphatic rings. The fourth-order valence-corrected chi connectivity index (χ4v) is 5.70. The van der Waals surface area contributed by atoms with Crippen LogP contribution in [0.3, 0.4) is 0 Å². The molecule has 0 amide bonds. The van der Waals surface area contributed by atoms with Crippen molar-refractivity contribution >= 4 is 28.4 Å². The van der Waals surface area contributed by atoms with Crippen LogP contribution in [0, 0.1) is 13.8 Å². The van der Waals surface area contributed by atoms with E-state index in [-0.39, 0.29) is 5.41 Å². The molecule has 1 spiro atoms. The minimum atomic E-state index is -0.718. The SMILES string of the molecule is Cc1cc(C)cc(CN2c3ccccc3C(C)(C)C23C=Nc2c(ccc4ccccc24)O3)c1. The molecule has 0 aromatic heterocycles. The van der Waals surface area contributed by atoms with E-state index in [0.717, 1.165) is 23.4 Å². The molecule has 4 aromatic rings. The van der Waals surface area contributed by atoms with Crippen LogP contribution in [-0.4, -0.2) is 11.9 Å². The van der Waals surface area contributed by atoms with E-state index < -0.39 is 5.72 Å². The molecule has 3 heteroatoms. The van der Waals surface area contributed by atoms with Gasteiger partial charge < -0.3 is 9.64 Å². The molecule has 1 unspecified atom stereocenters. The van der Waals surface area contributed by atoms with Gasteiger partial charge in [0, 0.05) is 17.6 Å². The highest BCUT2D eigenvalue weighted by Gasteiger charge is 2.59. The molecule has 0 aliphatic carbocycles. The number of hydrogen-bond donors (Lipinski definition) is 0. The first-order valence-electron chi connectivity index (χ1n) is 11.6. The molecule has 0 radical (unpaired) electrons. The monoisotopic (exact) mass is 432 g/mol. The Labute approximate surface area is 195 Å². The van der Waals surface area contributed by atoms with E-state index in [4.69, 9.17) is 9.73 Å². The van der Waals surface area contributed by atoms with E-state index in [1.165, 1.54) is 33.3 Å². The molecule has 4 aromatic carbocycles. The van der Waals surface area contributed by atoms with Crippen molar-refractivity contribution in [2.24, 2.45) is 4.99 Å². The lowest BCUT2D eigenvalue weighted by atomic mass is 9.77. The first-order chi connectivity index (χ1) is 15.9. The van der Waals surface area contributed by atoms with Crippen LogP contribution < -0.4 is 9.64 Å². The molecular weight excluding hydrogens is 404 g/mol. The molecule has 1 atom stereocenters. The Balaban J connectivity index is 1.53. The summed E-state index contributed by atoms with van der Waals surface area (Å²) in [4.78, 5) is 7.47. The standard InChI is InChI=1S/C30H28N2O/c1-20-15-21(2)17-22(16-20)18-32-26-12-8-7-11-25(26)29(3,4)30(32)19-31-28-24-10-6-5-9-23(24)13-14-27(28)33-30/h5-17,19H,18H2,1-4H3. The summed E-state index contributed by atoms with van der Waals surface area (Å²) < 4.78 is 7.01. The van der Waals surface area contributed by atoms with Gasteiger partial charge in [-0.3, -0.25) is 4.99 Å². The molecule has 6 rings (SSSR count). The van der Waals surface area contributed by atoms with E-state index in [9.17, 15) is 0 Å². The van der Waals surface area contributed by atoms with Crippen molar-refractivity contribution < 1.29 is 4.74 Å². The van der Waals surface area contributed by atoms with Gasteiger partial charge in [-0.25, -0.2) is 0 Å². The second-order valence-corrected chi connectivity index (χ2v) is 9.91. The highest BCUT2D eigenvalue weighted by Crippen LogP contribution is 2.55. The highest BCUT2D eigenvalue weighted by atomic mass is 16.5. The molecule has 3 nitrogen and oxygen atoms in total. The van der Waals surface area contributed by atoms with Gasteiger partial charge in [-0.2, -0.15) is 0 Å². The van der Waals surface area contributed by atoms with Gasteiger partial charge in [0.1, 0.15) is 11.4 Å². The van der Waals surface area contributed by atoms with Crippen molar-refractivity contribution in [2.45, 2.75) is 45.4 Å². The van der Waals surface area contributed by atoms with E-state index in [1.54, 1.807) is 0 Å². The third-order valence-corrected chi connectivity index (χ3v) is 7.28. The number of fused-ring (bicyclic) bond motifs is 4. The lowest BCUT2D eigenvalue weighted by Crippen LogP contribution is -2.61. The first-order valence-corrected chi connectivity index (χ1v) is 11.6. The zero-order chi connectivity index (χ0) is 22.8. The van der Waals surface area contributed by atoms with Gasteiger partial charge in [-0.1, -0.05) is 77.9 Å². The first kappa shape index (κ1) is 20.0. The number of hydrogen-bond acceptors (Lipinski definition) is 3. The second-order valence-electron chi connectivity index (χ2n) is 9.91. The van der Waals surface area contributed by atoms with Gasteiger partial charge >= 0.3 is 0 Å². The van der Waals surface area contributed by atoms with Crippen molar-refractivity contribution in [3.8, 4) is 5.75 Å². The average molecular weight is 433 g/mol. The zero-order valence-corrected chi connectivity index (χ0v) is 19.6. The molecule has 164 valence electrons. The number of anilines is 1. The number of benzene rings is 4. The molecule has 0 fully saturated rings. The number of rotatable bonds is 2. The minimum absolute atomic E-state index is 0.296. The largest absolute Gasteiger partial charge is 0.459 e. The summed E-state index contributed by atoms with van der Waals surface area (Å²) in [6, 6.07) is 28.0. The van der Waals surface area contributed by atoms with Gasteiger partial charge in [0.05, 0.1) is 11.6 Å². The van der Waals surface area contributed by atoms with Gasteiger partial charge in [0.15, 0.2) is 0 Å². The highest BCUT2D eigenvalue weighted by molar-refractivity contribution is 5.99. The van der Waals surface area contributed by atoms with Crippen LogP contribution in [0.1, 0.15) is 36.1 Å². The molecular formula is C30H28N2O. The summed E-state index contributed by atoms with van der Waals surface area (Å²) in [6.07, 6.45) is 2.05. The number of ether oxygens (including phenoxy) is 1. The molecule has 0 N–H and O–H groups in total. The Kier molecular flexibility index (Phi) is 4.22. The Morgan fingerprint density at radius 3 is 2.39 bits per heavy atom. The van der Waals surface area contributed by atoms with Crippen LogP contribution in [-0.2, 0) is 12.0 Å². The summed E-state index contributed by atoms with van der Waals surface area (Å²) in [5, 5.41) is 2.30. The Hall–Kier alpha value is -3.59. The van der Waals surface area contributed by atoms with Gasteiger partial charge in [0.2, 0.25) is 5.72 Å². The molecule has 2 aliphatic heterocycles. The van der Waals surface area contributed by atoms with E-state index in [1.807, 2.05) is 6.21 Å². The topological polar surface area (TPSA) is 24.8 Å². The number of nitrogens with zero attached hydrogens (tertiary/aromatic N) is 2. The maximum atomic E-state index is 7.01. The van der Waals surface area contributed by atoms with Crippen LogP contribution in [0.2, 0.25) is 0 Å². The lowest BCUT2D eigenvalue weighted by molar-refractivity contribution is 0.0764.